The predicted octanol–water partition coefficient (Wildman–Crippen LogP) is 5.19. The Hall–Kier alpha value is -1.23. The van der Waals surface area contributed by atoms with Crippen LogP contribution in [0, 0.1) is 0 Å². The molecule has 2 N–H and O–H groups in total. The van der Waals surface area contributed by atoms with E-state index in [9.17, 15) is 0 Å². The molecule has 0 saturated heterocycles. The molecule has 0 aliphatic carbocycles. The van der Waals surface area contributed by atoms with Gasteiger partial charge in [0.15, 0.2) is 0 Å². The average Bonchev–Trinajstić information content (AvgIpc) is 2.90. The number of hydrogen-bond donors (Lipinski definition) is 2. The van der Waals surface area contributed by atoms with Crippen LogP contribution in [0.5, 0.6) is 0 Å². The molecule has 108 valence electrons. The van der Waals surface area contributed by atoms with E-state index in [4.69, 9.17) is 0 Å². The lowest BCUT2D eigenvalue weighted by Crippen LogP contribution is -2.11. The van der Waals surface area contributed by atoms with Crippen LogP contribution in [0.4, 0.5) is 0 Å². The summed E-state index contributed by atoms with van der Waals surface area (Å²) in [4.78, 5) is 4.67. The molecule has 3 rings (SSSR count). The van der Waals surface area contributed by atoms with Crippen LogP contribution in [0.15, 0.2) is 62.9 Å². The average molecular weight is 361 g/mol. The standard InChI is InChI=1S/C17H17BrN2S/c1-2-19-11-12-7-8-16(14(18)9-12)21-17-10-13-5-3-4-6-15(13)20-17/h3-10,19-20H,2,11H2,1H3. The van der Waals surface area contributed by atoms with Gasteiger partial charge in [-0.05, 0) is 52.3 Å². The summed E-state index contributed by atoms with van der Waals surface area (Å²) in [5.41, 5.74) is 2.48. The zero-order chi connectivity index (χ0) is 14.7. The highest BCUT2D eigenvalue weighted by molar-refractivity contribution is 9.10. The molecule has 1 heterocycles. The molecule has 0 aliphatic heterocycles. The third-order valence-corrected chi connectivity index (χ3v) is 5.23. The number of aromatic nitrogens is 1. The van der Waals surface area contributed by atoms with Gasteiger partial charge in [0, 0.05) is 26.8 Å². The number of H-pyrrole nitrogens is 1. The number of halogens is 1. The molecule has 21 heavy (non-hydrogen) atoms. The Morgan fingerprint density at radius 2 is 2.00 bits per heavy atom. The predicted molar refractivity (Wildman–Crippen MR) is 93.9 cm³/mol. The first kappa shape index (κ1) is 14.7. The molecule has 1 aromatic heterocycles. The van der Waals surface area contributed by atoms with Gasteiger partial charge < -0.3 is 10.3 Å². The summed E-state index contributed by atoms with van der Waals surface area (Å²) in [7, 11) is 0. The topological polar surface area (TPSA) is 27.8 Å². The van der Waals surface area contributed by atoms with Crippen molar-refractivity contribution in [3.05, 3.63) is 58.6 Å². The van der Waals surface area contributed by atoms with Crippen LogP contribution in [0.1, 0.15) is 12.5 Å². The molecule has 0 aliphatic rings. The van der Waals surface area contributed by atoms with E-state index >= 15 is 0 Å². The summed E-state index contributed by atoms with van der Waals surface area (Å²) in [6.45, 7) is 4.02. The van der Waals surface area contributed by atoms with Crippen molar-refractivity contribution in [2.75, 3.05) is 6.54 Å². The van der Waals surface area contributed by atoms with Crippen molar-refractivity contribution in [2.24, 2.45) is 0 Å². The highest BCUT2D eigenvalue weighted by Crippen LogP contribution is 2.35. The first-order valence-corrected chi connectivity index (χ1v) is 8.62. The molecule has 2 nitrogen and oxygen atoms in total. The molecule has 0 spiro atoms. The molecule has 3 aromatic rings. The Morgan fingerprint density at radius 3 is 2.76 bits per heavy atom. The largest absolute Gasteiger partial charge is 0.349 e. The van der Waals surface area contributed by atoms with E-state index in [1.165, 1.54) is 21.4 Å². The monoisotopic (exact) mass is 360 g/mol. The lowest BCUT2D eigenvalue weighted by molar-refractivity contribution is 0.726. The molecule has 2 aromatic carbocycles. The van der Waals surface area contributed by atoms with Crippen LogP contribution >= 0.6 is 27.7 Å². The van der Waals surface area contributed by atoms with Crippen molar-refractivity contribution in [3.8, 4) is 0 Å². The molecule has 0 unspecified atom stereocenters. The van der Waals surface area contributed by atoms with E-state index in [2.05, 4.69) is 81.7 Å². The van der Waals surface area contributed by atoms with Gasteiger partial charge in [-0.3, -0.25) is 0 Å². The van der Waals surface area contributed by atoms with Gasteiger partial charge in [0.1, 0.15) is 0 Å². The summed E-state index contributed by atoms with van der Waals surface area (Å²) >= 11 is 5.43. The second kappa shape index (κ2) is 6.69. The number of benzene rings is 2. The van der Waals surface area contributed by atoms with Crippen LogP contribution in [-0.2, 0) is 6.54 Å². The number of aromatic amines is 1. The fourth-order valence-electron chi connectivity index (χ4n) is 2.23. The van der Waals surface area contributed by atoms with Gasteiger partial charge in [-0.1, -0.05) is 43.0 Å². The van der Waals surface area contributed by atoms with Gasteiger partial charge >= 0.3 is 0 Å². The zero-order valence-corrected chi connectivity index (χ0v) is 14.2. The maximum atomic E-state index is 3.68. The maximum absolute atomic E-state index is 3.68. The summed E-state index contributed by atoms with van der Waals surface area (Å²) in [5.74, 6) is 0. The summed E-state index contributed by atoms with van der Waals surface area (Å²) in [5, 5.41) is 5.76. The molecule has 0 radical (unpaired) electrons. The quantitative estimate of drug-likeness (QED) is 0.654. The minimum atomic E-state index is 0.909. The van der Waals surface area contributed by atoms with E-state index in [0.29, 0.717) is 0 Å². The minimum absolute atomic E-state index is 0.909. The molecule has 0 bridgehead atoms. The number of para-hydroxylation sites is 1. The fraction of sp³-hybridized carbons (Fsp3) is 0.176. The Morgan fingerprint density at radius 1 is 1.14 bits per heavy atom. The third-order valence-electron chi connectivity index (χ3n) is 3.30. The van der Waals surface area contributed by atoms with Crippen molar-refractivity contribution in [1.29, 1.82) is 0 Å². The first-order chi connectivity index (χ1) is 10.3. The molecule has 0 amide bonds. The Balaban J connectivity index is 1.80. The summed E-state index contributed by atoms with van der Waals surface area (Å²) in [6.07, 6.45) is 0. The lowest BCUT2D eigenvalue weighted by Gasteiger charge is -2.07. The van der Waals surface area contributed by atoms with E-state index in [-0.39, 0.29) is 0 Å². The van der Waals surface area contributed by atoms with E-state index in [1.807, 2.05) is 0 Å². The van der Waals surface area contributed by atoms with Gasteiger partial charge in [0.2, 0.25) is 0 Å². The normalized spacial score (nSPS) is 11.1. The molecule has 0 saturated carbocycles. The van der Waals surface area contributed by atoms with Crippen molar-refractivity contribution in [2.45, 2.75) is 23.4 Å². The van der Waals surface area contributed by atoms with Crippen LogP contribution in [0.3, 0.4) is 0 Å². The van der Waals surface area contributed by atoms with Crippen molar-refractivity contribution in [3.63, 3.8) is 0 Å². The minimum Gasteiger partial charge on any atom is -0.349 e. The van der Waals surface area contributed by atoms with E-state index < -0.39 is 0 Å². The van der Waals surface area contributed by atoms with Crippen LogP contribution in [-0.4, -0.2) is 11.5 Å². The van der Waals surface area contributed by atoms with Gasteiger partial charge in [-0.2, -0.15) is 0 Å². The number of fused-ring (bicyclic) bond motifs is 1. The Kier molecular flexibility index (Phi) is 4.68. The van der Waals surface area contributed by atoms with Crippen molar-refractivity contribution in [1.82, 2.24) is 10.3 Å². The third kappa shape index (κ3) is 3.51. The highest BCUT2D eigenvalue weighted by atomic mass is 79.9. The van der Waals surface area contributed by atoms with Gasteiger partial charge in [0.25, 0.3) is 0 Å². The lowest BCUT2D eigenvalue weighted by atomic mass is 10.2. The first-order valence-electron chi connectivity index (χ1n) is 7.01. The Bertz CT molecular complexity index is 718. The second-order valence-electron chi connectivity index (χ2n) is 4.87. The van der Waals surface area contributed by atoms with Gasteiger partial charge in [-0.15, -0.1) is 0 Å². The fourth-order valence-corrected chi connectivity index (χ4v) is 3.77. The van der Waals surface area contributed by atoms with Crippen molar-refractivity contribution >= 4 is 38.6 Å². The van der Waals surface area contributed by atoms with Crippen LogP contribution < -0.4 is 5.32 Å². The molecule has 0 atom stereocenters. The second-order valence-corrected chi connectivity index (χ2v) is 6.81. The van der Waals surface area contributed by atoms with Gasteiger partial charge in [-0.25, -0.2) is 0 Å². The SMILES string of the molecule is CCNCc1ccc(Sc2cc3ccccc3[nH]2)c(Br)c1. The van der Waals surface area contributed by atoms with Crippen LogP contribution in [0.25, 0.3) is 10.9 Å². The zero-order valence-electron chi connectivity index (χ0n) is 11.8. The van der Waals surface area contributed by atoms with E-state index in [0.717, 1.165) is 22.6 Å². The maximum Gasteiger partial charge on any atom is 0.0781 e. The number of hydrogen-bond acceptors (Lipinski definition) is 2. The van der Waals surface area contributed by atoms with Crippen LogP contribution in [0.2, 0.25) is 0 Å². The summed E-state index contributed by atoms with van der Waals surface area (Å²) < 4.78 is 1.14. The Labute approximate surface area is 137 Å². The number of nitrogens with one attached hydrogen (secondary N) is 2. The van der Waals surface area contributed by atoms with Gasteiger partial charge in [0.05, 0.1) is 5.03 Å². The molecular weight excluding hydrogens is 344 g/mol. The number of rotatable bonds is 5. The molecule has 4 heteroatoms. The van der Waals surface area contributed by atoms with Crippen molar-refractivity contribution < 1.29 is 0 Å². The summed E-state index contributed by atoms with van der Waals surface area (Å²) in [6, 6.07) is 17.1. The molecular formula is C17H17BrN2S. The highest BCUT2D eigenvalue weighted by Gasteiger charge is 2.06. The molecule has 0 fully saturated rings. The smallest absolute Gasteiger partial charge is 0.0781 e. The van der Waals surface area contributed by atoms with E-state index in [1.54, 1.807) is 11.8 Å².